The van der Waals surface area contributed by atoms with Gasteiger partial charge in [-0.05, 0) is 65.1 Å². The number of ether oxygens (including phenoxy) is 1. The quantitative estimate of drug-likeness (QED) is 0.614. The molecule has 1 aliphatic carbocycles. The van der Waals surface area contributed by atoms with E-state index in [1.165, 1.54) is 24.8 Å². The number of hydrogen-bond acceptors (Lipinski definition) is 2. The lowest BCUT2D eigenvalue weighted by atomic mass is 9.85. The maximum Gasteiger partial charge on any atom is 0.254 e. The van der Waals surface area contributed by atoms with Crippen molar-refractivity contribution in [2.45, 2.75) is 25.8 Å². The van der Waals surface area contributed by atoms with Crippen LogP contribution in [-0.2, 0) is 6.54 Å². The summed E-state index contributed by atoms with van der Waals surface area (Å²) in [6.45, 7) is 1.51. The Morgan fingerprint density at radius 1 is 1.21 bits per heavy atom. The Balaban J connectivity index is 1.80. The molecule has 1 aliphatic rings. The van der Waals surface area contributed by atoms with E-state index in [2.05, 4.69) is 34.7 Å². The lowest BCUT2D eigenvalue weighted by Crippen LogP contribution is -2.37. The Morgan fingerprint density at radius 2 is 1.96 bits per heavy atom. The number of amides is 1. The Kier molecular flexibility index (Phi) is 5.76. The topological polar surface area (TPSA) is 29.5 Å². The summed E-state index contributed by atoms with van der Waals surface area (Å²) in [4.78, 5) is 15.1. The van der Waals surface area contributed by atoms with Crippen LogP contribution in [0.2, 0.25) is 0 Å². The summed E-state index contributed by atoms with van der Waals surface area (Å²) in [7, 11) is 1.65. The third-order valence-electron chi connectivity index (χ3n) is 4.61. The normalized spacial score (nSPS) is 14.1. The molecule has 4 heteroatoms. The van der Waals surface area contributed by atoms with Crippen molar-refractivity contribution in [2.75, 3.05) is 13.7 Å². The van der Waals surface area contributed by atoms with E-state index in [1.807, 2.05) is 41.3 Å². The number of hydrogen-bond donors (Lipinski definition) is 0. The number of nitrogens with zero attached hydrogens (tertiary/aromatic N) is 1. The lowest BCUT2D eigenvalue weighted by molar-refractivity contribution is 0.0679. The molecule has 2 aromatic rings. The summed E-state index contributed by atoms with van der Waals surface area (Å²) in [5.74, 6) is 1.56. The van der Waals surface area contributed by atoms with Crippen molar-refractivity contribution in [2.24, 2.45) is 5.92 Å². The van der Waals surface area contributed by atoms with Gasteiger partial charge in [-0.1, -0.05) is 36.8 Å². The van der Waals surface area contributed by atoms with Gasteiger partial charge in [0.15, 0.2) is 0 Å². The molecule has 0 atom stereocenters. The molecule has 2 aromatic carbocycles. The second-order valence-corrected chi connectivity index (χ2v) is 7.48. The molecule has 3 rings (SSSR count). The fourth-order valence-electron chi connectivity index (χ4n) is 2.99. The van der Waals surface area contributed by atoms with Gasteiger partial charge in [0, 0.05) is 18.7 Å². The molecule has 0 radical (unpaired) electrons. The second-order valence-electron chi connectivity index (χ2n) is 6.32. The minimum atomic E-state index is 0.103. The van der Waals surface area contributed by atoms with Gasteiger partial charge in [0.05, 0.1) is 10.7 Å². The van der Waals surface area contributed by atoms with E-state index in [1.54, 1.807) is 7.11 Å². The van der Waals surface area contributed by atoms with Crippen molar-refractivity contribution in [3.8, 4) is 5.75 Å². The monoisotopic (exact) mass is 435 g/mol. The van der Waals surface area contributed by atoms with Gasteiger partial charge in [-0.2, -0.15) is 0 Å². The van der Waals surface area contributed by atoms with Gasteiger partial charge in [-0.25, -0.2) is 0 Å². The van der Waals surface area contributed by atoms with Crippen molar-refractivity contribution in [3.05, 3.63) is 63.2 Å². The summed E-state index contributed by atoms with van der Waals surface area (Å²) < 4.78 is 6.26. The fraction of sp³-hybridized carbons (Fsp3) is 0.350. The minimum absolute atomic E-state index is 0.103. The van der Waals surface area contributed by atoms with Crippen molar-refractivity contribution in [1.82, 2.24) is 4.90 Å². The standard InChI is InChI=1S/C20H22INO2/c1-24-19-11-10-17(12-18(19)21)20(23)22(14-16-8-5-9-16)13-15-6-3-2-4-7-15/h2-4,6-7,10-12,16H,5,8-9,13-14H2,1H3. The van der Waals surface area contributed by atoms with Gasteiger partial charge in [-0.15, -0.1) is 0 Å². The first-order valence-corrected chi connectivity index (χ1v) is 9.42. The van der Waals surface area contributed by atoms with Crippen LogP contribution < -0.4 is 4.74 Å². The zero-order valence-electron chi connectivity index (χ0n) is 13.9. The number of carbonyl (C=O) groups is 1. The highest BCUT2D eigenvalue weighted by Gasteiger charge is 2.25. The molecule has 1 fully saturated rings. The lowest BCUT2D eigenvalue weighted by Gasteiger charge is -2.32. The zero-order valence-corrected chi connectivity index (χ0v) is 16.0. The van der Waals surface area contributed by atoms with E-state index in [4.69, 9.17) is 4.74 Å². The van der Waals surface area contributed by atoms with E-state index in [9.17, 15) is 4.79 Å². The van der Waals surface area contributed by atoms with E-state index in [-0.39, 0.29) is 5.91 Å². The van der Waals surface area contributed by atoms with Crippen LogP contribution in [0.25, 0.3) is 0 Å². The van der Waals surface area contributed by atoms with Gasteiger partial charge >= 0.3 is 0 Å². The van der Waals surface area contributed by atoms with Crippen LogP contribution in [0.4, 0.5) is 0 Å². The first kappa shape index (κ1) is 17.3. The summed E-state index contributed by atoms with van der Waals surface area (Å²) in [6.07, 6.45) is 3.76. The Bertz CT molecular complexity index is 698. The van der Waals surface area contributed by atoms with Crippen LogP contribution in [0.1, 0.15) is 35.2 Å². The molecule has 0 saturated heterocycles. The van der Waals surface area contributed by atoms with Gasteiger partial charge in [0.1, 0.15) is 5.75 Å². The van der Waals surface area contributed by atoms with Crippen molar-refractivity contribution >= 4 is 28.5 Å². The Labute approximate surface area is 157 Å². The smallest absolute Gasteiger partial charge is 0.254 e. The van der Waals surface area contributed by atoms with E-state index >= 15 is 0 Å². The first-order chi connectivity index (χ1) is 11.7. The molecular weight excluding hydrogens is 413 g/mol. The molecule has 24 heavy (non-hydrogen) atoms. The van der Waals surface area contributed by atoms with Gasteiger partial charge in [0.2, 0.25) is 0 Å². The summed E-state index contributed by atoms with van der Waals surface area (Å²) in [6, 6.07) is 15.9. The number of methoxy groups -OCH3 is 1. The number of rotatable bonds is 6. The van der Waals surface area contributed by atoms with Gasteiger partial charge in [0.25, 0.3) is 5.91 Å². The molecule has 3 nitrogen and oxygen atoms in total. The molecular formula is C20H22INO2. The predicted octanol–water partition coefficient (Wildman–Crippen LogP) is 4.74. The Hall–Kier alpha value is -1.56. The van der Waals surface area contributed by atoms with E-state index in [0.29, 0.717) is 12.5 Å². The van der Waals surface area contributed by atoms with Crippen molar-refractivity contribution in [1.29, 1.82) is 0 Å². The number of carbonyl (C=O) groups excluding carboxylic acids is 1. The summed E-state index contributed by atoms with van der Waals surface area (Å²) in [5, 5.41) is 0. The molecule has 0 heterocycles. The largest absolute Gasteiger partial charge is 0.496 e. The molecule has 0 aliphatic heterocycles. The number of halogens is 1. The third-order valence-corrected chi connectivity index (χ3v) is 5.45. The highest BCUT2D eigenvalue weighted by molar-refractivity contribution is 14.1. The zero-order chi connectivity index (χ0) is 16.9. The molecule has 1 amide bonds. The predicted molar refractivity (Wildman–Crippen MR) is 104 cm³/mol. The summed E-state index contributed by atoms with van der Waals surface area (Å²) in [5.41, 5.74) is 1.91. The van der Waals surface area contributed by atoms with Crippen LogP contribution in [-0.4, -0.2) is 24.5 Å². The van der Waals surface area contributed by atoms with Gasteiger partial charge < -0.3 is 9.64 Å². The third kappa shape index (κ3) is 4.09. The average molecular weight is 435 g/mol. The molecule has 0 aromatic heterocycles. The molecule has 1 saturated carbocycles. The maximum atomic E-state index is 13.1. The highest BCUT2D eigenvalue weighted by atomic mass is 127. The van der Waals surface area contributed by atoms with Crippen LogP contribution in [0.5, 0.6) is 5.75 Å². The highest BCUT2D eigenvalue weighted by Crippen LogP contribution is 2.29. The molecule has 0 spiro atoms. The van der Waals surface area contributed by atoms with Crippen LogP contribution in [0.15, 0.2) is 48.5 Å². The molecule has 0 unspecified atom stereocenters. The van der Waals surface area contributed by atoms with Crippen LogP contribution in [0, 0.1) is 9.49 Å². The SMILES string of the molecule is COc1ccc(C(=O)N(Cc2ccccc2)CC2CCC2)cc1I. The fourth-order valence-corrected chi connectivity index (χ4v) is 3.73. The van der Waals surface area contributed by atoms with E-state index < -0.39 is 0 Å². The average Bonchev–Trinajstić information content (AvgIpc) is 2.57. The van der Waals surface area contributed by atoms with Crippen LogP contribution >= 0.6 is 22.6 Å². The molecule has 126 valence electrons. The summed E-state index contributed by atoms with van der Waals surface area (Å²) >= 11 is 2.21. The Morgan fingerprint density at radius 3 is 2.54 bits per heavy atom. The first-order valence-electron chi connectivity index (χ1n) is 8.34. The molecule has 0 bridgehead atoms. The van der Waals surface area contributed by atoms with Gasteiger partial charge in [-0.3, -0.25) is 4.79 Å². The van der Waals surface area contributed by atoms with Crippen molar-refractivity contribution < 1.29 is 9.53 Å². The second kappa shape index (κ2) is 8.01. The van der Waals surface area contributed by atoms with Crippen LogP contribution in [0.3, 0.4) is 0 Å². The molecule has 0 N–H and O–H groups in total. The van der Waals surface area contributed by atoms with E-state index in [0.717, 1.165) is 21.4 Å². The van der Waals surface area contributed by atoms with Crippen molar-refractivity contribution in [3.63, 3.8) is 0 Å². The maximum absolute atomic E-state index is 13.1. The number of benzene rings is 2. The minimum Gasteiger partial charge on any atom is -0.496 e.